The minimum Gasteiger partial charge on any atom is -0.508 e. The van der Waals surface area contributed by atoms with Crippen LogP contribution in [-0.2, 0) is 16.1 Å². The number of nitrogens with one attached hydrogen (secondary N) is 1. The molecule has 3 rings (SSSR count). The highest BCUT2D eigenvalue weighted by molar-refractivity contribution is 5.97. The van der Waals surface area contributed by atoms with Crippen molar-refractivity contribution in [3.8, 4) is 5.75 Å². The Balaban J connectivity index is 2.11. The van der Waals surface area contributed by atoms with Crippen molar-refractivity contribution in [2.75, 3.05) is 6.54 Å². The minimum absolute atomic E-state index is 0.00828. The van der Waals surface area contributed by atoms with Crippen LogP contribution in [0.25, 0.3) is 0 Å². The highest BCUT2D eigenvalue weighted by Gasteiger charge is 2.35. The van der Waals surface area contributed by atoms with Crippen molar-refractivity contribution in [2.24, 2.45) is 16.5 Å². The number of nitrogens with two attached hydrogens (primary N) is 2. The monoisotopic (exact) mass is 518 g/mol. The third-order valence-electron chi connectivity index (χ3n) is 5.86. The highest BCUT2D eigenvalue weighted by atomic mass is 16.7. The number of hydrogen-bond donors (Lipinski definition) is 4. The van der Waals surface area contributed by atoms with Crippen LogP contribution in [-0.4, -0.2) is 45.4 Å². The molecule has 198 valence electrons. The van der Waals surface area contributed by atoms with Crippen molar-refractivity contribution in [3.63, 3.8) is 0 Å². The molecule has 3 aromatic rings. The molecule has 0 aliphatic heterocycles. The largest absolute Gasteiger partial charge is 0.508 e. The van der Waals surface area contributed by atoms with Gasteiger partial charge in [-0.2, -0.15) is 4.99 Å². The van der Waals surface area contributed by atoms with Gasteiger partial charge >= 0.3 is 0 Å². The van der Waals surface area contributed by atoms with Gasteiger partial charge in [-0.15, -0.1) is 0 Å². The molecule has 0 saturated heterocycles. The van der Waals surface area contributed by atoms with Gasteiger partial charge in [-0.25, -0.2) is 10.1 Å². The summed E-state index contributed by atoms with van der Waals surface area (Å²) in [6.45, 7) is 0.256. The number of benzene rings is 3. The average molecular weight is 519 g/mol. The maximum atomic E-state index is 14.4. The van der Waals surface area contributed by atoms with E-state index in [9.17, 15) is 24.8 Å². The number of carbonyl (C=O) groups is 2. The maximum Gasteiger partial charge on any atom is 0.271 e. The lowest BCUT2D eigenvalue weighted by molar-refractivity contribution is -0.525. The lowest BCUT2D eigenvalue weighted by Crippen LogP contribution is -2.47. The summed E-state index contributed by atoms with van der Waals surface area (Å²) in [5, 5.41) is 19.6. The van der Waals surface area contributed by atoms with E-state index in [1.807, 2.05) is 60.7 Å². The first-order valence-corrected chi connectivity index (χ1v) is 12.0. The van der Waals surface area contributed by atoms with Gasteiger partial charge in [0, 0.05) is 6.54 Å². The Morgan fingerprint density at radius 1 is 0.974 bits per heavy atom. The third-order valence-corrected chi connectivity index (χ3v) is 5.86. The maximum absolute atomic E-state index is 14.4. The number of phenolic OH excluding ortho intramolecular Hbond substituents is 1. The van der Waals surface area contributed by atoms with Gasteiger partial charge in [-0.05, 0) is 48.2 Å². The molecule has 0 fully saturated rings. The van der Waals surface area contributed by atoms with Crippen molar-refractivity contribution in [1.29, 1.82) is 0 Å². The van der Waals surface area contributed by atoms with Gasteiger partial charge in [0.05, 0.1) is 5.92 Å². The van der Waals surface area contributed by atoms with E-state index in [1.54, 1.807) is 17.6 Å². The van der Waals surface area contributed by atoms with Gasteiger partial charge < -0.3 is 21.5 Å². The zero-order chi connectivity index (χ0) is 27.5. The molecule has 38 heavy (non-hydrogen) atoms. The second kappa shape index (κ2) is 13.5. The number of guanidine groups is 1. The van der Waals surface area contributed by atoms with Crippen molar-refractivity contribution in [2.45, 2.75) is 31.3 Å². The van der Waals surface area contributed by atoms with E-state index >= 15 is 0 Å². The van der Waals surface area contributed by atoms with Crippen LogP contribution < -0.4 is 16.9 Å². The predicted molar refractivity (Wildman–Crippen MR) is 142 cm³/mol. The van der Waals surface area contributed by atoms with E-state index in [0.29, 0.717) is 12.0 Å². The number of phenols is 1. The molecule has 0 unspecified atom stereocenters. The Kier molecular flexibility index (Phi) is 9.89. The van der Waals surface area contributed by atoms with E-state index in [2.05, 4.69) is 4.99 Å². The van der Waals surface area contributed by atoms with E-state index in [1.165, 1.54) is 17.0 Å². The summed E-state index contributed by atoms with van der Waals surface area (Å²) in [4.78, 5) is 43.5. The van der Waals surface area contributed by atoms with Crippen LogP contribution >= 0.6 is 0 Å². The van der Waals surface area contributed by atoms with E-state index in [-0.39, 0.29) is 31.2 Å². The zero-order valence-electron chi connectivity index (χ0n) is 20.6. The fraction of sp³-hybridized carbons (Fsp3) is 0.222. The molecule has 11 nitrogen and oxygen atoms in total. The second-order valence-electron chi connectivity index (χ2n) is 8.54. The Labute approximate surface area is 219 Å². The Morgan fingerprint density at radius 3 is 2.03 bits per heavy atom. The van der Waals surface area contributed by atoms with E-state index in [4.69, 9.17) is 11.5 Å². The molecule has 0 aliphatic rings. The molecule has 11 heteroatoms. The lowest BCUT2D eigenvalue weighted by Gasteiger charge is -2.33. The number of aromatic hydroxyl groups is 1. The fourth-order valence-electron chi connectivity index (χ4n) is 4.11. The Bertz CT molecular complexity index is 1210. The number of nitro groups is 1. The summed E-state index contributed by atoms with van der Waals surface area (Å²) in [7, 11) is 0. The van der Waals surface area contributed by atoms with E-state index < -0.39 is 28.9 Å². The first-order chi connectivity index (χ1) is 18.3. The molecule has 6 N–H and O–H groups in total. The quantitative estimate of drug-likeness (QED) is 0.129. The molecule has 0 heterocycles. The normalized spacial score (nSPS) is 12.1. The number of nitrogens with zero attached hydrogens (tertiary/aromatic N) is 3. The molecule has 0 aromatic heterocycles. The zero-order valence-corrected chi connectivity index (χ0v) is 20.6. The summed E-state index contributed by atoms with van der Waals surface area (Å²) < 4.78 is 0. The number of hydrazine groups is 1. The molecular formula is C27H30N6O5. The summed E-state index contributed by atoms with van der Waals surface area (Å²) in [6.07, 6.45) is 0.542. The van der Waals surface area contributed by atoms with Crippen molar-refractivity contribution in [3.05, 3.63) is 112 Å². The number of carbonyl (C=O) groups excluding carboxylic acids is 2. The van der Waals surface area contributed by atoms with Crippen LogP contribution in [0.5, 0.6) is 5.75 Å². The van der Waals surface area contributed by atoms with Crippen LogP contribution in [0, 0.1) is 10.1 Å². The smallest absolute Gasteiger partial charge is 0.271 e. The molecular weight excluding hydrogens is 488 g/mol. The Hall–Kier alpha value is -4.77. The SMILES string of the molecule is NCCC[C@@H](C(=O)N=C(N)N[N+](=O)[O-])N(Cc1ccc(O)cc1)C(=O)C(c1ccccc1)c1ccccc1. The van der Waals surface area contributed by atoms with Gasteiger partial charge in [-0.3, -0.25) is 9.59 Å². The van der Waals surface area contributed by atoms with Crippen LogP contribution in [0.3, 0.4) is 0 Å². The highest BCUT2D eigenvalue weighted by Crippen LogP contribution is 2.30. The van der Waals surface area contributed by atoms with Crippen molar-refractivity contribution in [1.82, 2.24) is 10.3 Å². The molecule has 0 spiro atoms. The minimum atomic E-state index is -1.11. The lowest BCUT2D eigenvalue weighted by atomic mass is 9.89. The van der Waals surface area contributed by atoms with Crippen LogP contribution in [0.2, 0.25) is 0 Å². The van der Waals surface area contributed by atoms with Gasteiger partial charge in [0.15, 0.2) is 5.03 Å². The molecule has 0 saturated carbocycles. The van der Waals surface area contributed by atoms with Crippen LogP contribution in [0.1, 0.15) is 35.4 Å². The summed E-state index contributed by atoms with van der Waals surface area (Å²) in [6, 6.07) is 23.5. The number of amides is 2. The topological polar surface area (TPSA) is 177 Å². The second-order valence-corrected chi connectivity index (χ2v) is 8.54. The van der Waals surface area contributed by atoms with Crippen molar-refractivity contribution >= 4 is 17.8 Å². The molecule has 0 radical (unpaired) electrons. The van der Waals surface area contributed by atoms with Gasteiger partial charge in [0.1, 0.15) is 11.8 Å². The van der Waals surface area contributed by atoms with E-state index in [0.717, 1.165) is 11.1 Å². The standard InChI is InChI=1S/C27H30N6O5/c28-17-7-12-23(25(35)30-27(29)31-33(37)38)32(18-19-13-15-22(34)16-14-19)26(36)24(20-8-3-1-4-9-20)21-10-5-2-6-11-21/h1-6,8-11,13-16,23-24,34H,7,12,17-18,28H2,(H3,29,30,31,35)/t23-/m0/s1. The fourth-order valence-corrected chi connectivity index (χ4v) is 4.11. The number of aliphatic imine (C=N–C) groups is 1. The first-order valence-electron chi connectivity index (χ1n) is 12.0. The van der Waals surface area contributed by atoms with Gasteiger partial charge in [0.25, 0.3) is 11.9 Å². The summed E-state index contributed by atoms with van der Waals surface area (Å²) >= 11 is 0. The van der Waals surface area contributed by atoms with Crippen LogP contribution in [0.4, 0.5) is 0 Å². The number of hydrogen-bond acceptors (Lipinski definition) is 6. The predicted octanol–water partition coefficient (Wildman–Crippen LogP) is 2.28. The molecule has 0 aliphatic carbocycles. The Morgan fingerprint density at radius 2 is 1.53 bits per heavy atom. The van der Waals surface area contributed by atoms with Crippen molar-refractivity contribution < 1.29 is 19.7 Å². The van der Waals surface area contributed by atoms with Gasteiger partial charge in [-0.1, -0.05) is 78.2 Å². The molecule has 1 atom stereocenters. The average Bonchev–Trinajstić information content (AvgIpc) is 2.90. The summed E-state index contributed by atoms with van der Waals surface area (Å²) in [5.41, 5.74) is 15.0. The first kappa shape index (κ1) is 27.8. The number of rotatable bonds is 11. The summed E-state index contributed by atoms with van der Waals surface area (Å²) in [5.74, 6) is -2.59. The molecule has 3 aromatic carbocycles. The molecule has 0 bridgehead atoms. The molecule has 2 amide bonds. The van der Waals surface area contributed by atoms with Crippen LogP contribution in [0.15, 0.2) is 89.9 Å². The third kappa shape index (κ3) is 7.61. The van der Waals surface area contributed by atoms with Gasteiger partial charge in [0.2, 0.25) is 5.91 Å².